The summed E-state index contributed by atoms with van der Waals surface area (Å²) < 4.78 is 13.7. The van der Waals surface area contributed by atoms with Gasteiger partial charge in [0.05, 0.1) is 5.56 Å². The third-order valence-corrected chi connectivity index (χ3v) is 3.65. The maximum absolute atomic E-state index is 13.7. The monoisotopic (exact) mass is 329 g/mol. The second-order valence-corrected chi connectivity index (χ2v) is 5.45. The Kier molecular flexibility index (Phi) is 4.12. The SMILES string of the molecule is Cc1[nH]nc(NC(=O)c2ccccc2F)c1-c1cccc(Cl)c1. The van der Waals surface area contributed by atoms with Gasteiger partial charge in [0.25, 0.3) is 5.91 Å². The third kappa shape index (κ3) is 3.10. The molecule has 2 N–H and O–H groups in total. The van der Waals surface area contributed by atoms with Gasteiger partial charge >= 0.3 is 0 Å². The van der Waals surface area contributed by atoms with Crippen LogP contribution in [-0.2, 0) is 0 Å². The van der Waals surface area contributed by atoms with Gasteiger partial charge in [0.1, 0.15) is 5.82 Å². The molecule has 23 heavy (non-hydrogen) atoms. The summed E-state index contributed by atoms with van der Waals surface area (Å²) in [5.74, 6) is -0.808. The predicted octanol–water partition coefficient (Wildman–Crippen LogP) is 4.43. The smallest absolute Gasteiger partial charge is 0.259 e. The molecule has 3 rings (SSSR count). The number of hydrogen-bond donors (Lipinski definition) is 2. The van der Waals surface area contributed by atoms with Gasteiger partial charge in [0.2, 0.25) is 0 Å². The first-order valence-electron chi connectivity index (χ1n) is 6.93. The number of aromatic nitrogens is 2. The number of halogens is 2. The first-order valence-corrected chi connectivity index (χ1v) is 7.31. The topological polar surface area (TPSA) is 57.8 Å². The van der Waals surface area contributed by atoms with Crippen molar-refractivity contribution in [2.45, 2.75) is 6.92 Å². The highest BCUT2D eigenvalue weighted by Gasteiger charge is 2.17. The quantitative estimate of drug-likeness (QED) is 0.746. The summed E-state index contributed by atoms with van der Waals surface area (Å²) in [6, 6.07) is 13.0. The van der Waals surface area contributed by atoms with Crippen molar-refractivity contribution < 1.29 is 9.18 Å². The highest BCUT2D eigenvalue weighted by atomic mass is 35.5. The van der Waals surface area contributed by atoms with Crippen LogP contribution in [0.25, 0.3) is 11.1 Å². The van der Waals surface area contributed by atoms with Crippen molar-refractivity contribution in [1.29, 1.82) is 0 Å². The number of amides is 1. The number of carbonyl (C=O) groups is 1. The van der Waals surface area contributed by atoms with Gasteiger partial charge in [-0.2, -0.15) is 5.10 Å². The highest BCUT2D eigenvalue weighted by molar-refractivity contribution is 6.30. The molecule has 0 aliphatic heterocycles. The molecule has 0 aliphatic carbocycles. The van der Waals surface area contributed by atoms with Crippen LogP contribution in [0.4, 0.5) is 10.2 Å². The van der Waals surface area contributed by atoms with Crippen LogP contribution in [0.1, 0.15) is 16.1 Å². The summed E-state index contributed by atoms with van der Waals surface area (Å²) in [5, 5.41) is 10.1. The fourth-order valence-corrected chi connectivity index (χ4v) is 2.53. The highest BCUT2D eigenvalue weighted by Crippen LogP contribution is 2.31. The van der Waals surface area contributed by atoms with E-state index in [1.807, 2.05) is 19.1 Å². The Morgan fingerprint density at radius 3 is 2.74 bits per heavy atom. The zero-order valence-corrected chi connectivity index (χ0v) is 13.0. The number of aryl methyl sites for hydroxylation is 1. The molecule has 0 fully saturated rings. The number of benzene rings is 2. The molecule has 2 aromatic carbocycles. The molecule has 116 valence electrons. The van der Waals surface area contributed by atoms with Crippen molar-refractivity contribution in [3.63, 3.8) is 0 Å². The predicted molar refractivity (Wildman–Crippen MR) is 88.1 cm³/mol. The van der Waals surface area contributed by atoms with Crippen molar-refractivity contribution >= 4 is 23.3 Å². The molecule has 1 amide bonds. The molecule has 0 radical (unpaired) electrons. The molecule has 0 saturated carbocycles. The molecule has 0 atom stereocenters. The first kappa shape index (κ1) is 15.2. The summed E-state index contributed by atoms with van der Waals surface area (Å²) in [4.78, 5) is 12.3. The van der Waals surface area contributed by atoms with Gasteiger partial charge in [-0.3, -0.25) is 9.89 Å². The molecule has 1 aromatic heterocycles. The lowest BCUT2D eigenvalue weighted by molar-refractivity contribution is 0.102. The summed E-state index contributed by atoms with van der Waals surface area (Å²) in [6.07, 6.45) is 0. The minimum absolute atomic E-state index is 0.0369. The van der Waals surface area contributed by atoms with E-state index < -0.39 is 11.7 Å². The summed E-state index contributed by atoms with van der Waals surface area (Å²) >= 11 is 6.02. The standard InChI is InChI=1S/C17H13ClFN3O/c1-10-15(11-5-4-6-12(18)9-11)16(22-21-10)20-17(23)13-7-2-3-8-14(13)19/h2-9H,1H3,(H2,20,21,22,23). The minimum atomic E-state index is -0.582. The van der Waals surface area contributed by atoms with Crippen LogP contribution in [0.2, 0.25) is 5.02 Å². The Hall–Kier alpha value is -2.66. The van der Waals surface area contributed by atoms with Crippen LogP contribution in [0.3, 0.4) is 0 Å². The number of hydrogen-bond acceptors (Lipinski definition) is 2. The molecule has 0 spiro atoms. The Morgan fingerprint density at radius 2 is 2.00 bits per heavy atom. The van der Waals surface area contributed by atoms with Gasteiger partial charge in [-0.25, -0.2) is 4.39 Å². The number of H-pyrrole nitrogens is 1. The van der Waals surface area contributed by atoms with Gasteiger partial charge in [0.15, 0.2) is 5.82 Å². The van der Waals surface area contributed by atoms with Crippen LogP contribution >= 0.6 is 11.6 Å². The zero-order chi connectivity index (χ0) is 16.4. The fourth-order valence-electron chi connectivity index (χ4n) is 2.34. The maximum Gasteiger partial charge on any atom is 0.259 e. The Morgan fingerprint density at radius 1 is 1.22 bits per heavy atom. The fraction of sp³-hybridized carbons (Fsp3) is 0.0588. The van der Waals surface area contributed by atoms with Gasteiger partial charge in [-0.15, -0.1) is 0 Å². The molecule has 3 aromatic rings. The van der Waals surface area contributed by atoms with Crippen molar-refractivity contribution in [3.05, 3.63) is 70.6 Å². The average molecular weight is 330 g/mol. The van der Waals surface area contributed by atoms with Crippen LogP contribution in [-0.4, -0.2) is 16.1 Å². The number of nitrogens with zero attached hydrogens (tertiary/aromatic N) is 1. The van der Waals surface area contributed by atoms with Gasteiger partial charge in [-0.1, -0.05) is 35.9 Å². The average Bonchev–Trinajstić information content (AvgIpc) is 2.88. The molecular formula is C17H13ClFN3O. The summed E-state index contributed by atoms with van der Waals surface area (Å²) in [5.41, 5.74) is 2.27. The zero-order valence-electron chi connectivity index (χ0n) is 12.2. The van der Waals surface area contributed by atoms with Crippen molar-refractivity contribution in [1.82, 2.24) is 10.2 Å². The second kappa shape index (κ2) is 6.22. The largest absolute Gasteiger partial charge is 0.304 e. The number of anilines is 1. The maximum atomic E-state index is 13.7. The Bertz CT molecular complexity index is 876. The molecule has 0 saturated heterocycles. The Balaban J connectivity index is 1.96. The lowest BCUT2D eigenvalue weighted by Crippen LogP contribution is -2.14. The van der Waals surface area contributed by atoms with Crippen LogP contribution < -0.4 is 5.32 Å². The van der Waals surface area contributed by atoms with Crippen molar-refractivity contribution in [2.75, 3.05) is 5.32 Å². The first-order chi connectivity index (χ1) is 11.1. The molecular weight excluding hydrogens is 317 g/mol. The third-order valence-electron chi connectivity index (χ3n) is 3.41. The van der Waals surface area contributed by atoms with E-state index in [0.29, 0.717) is 10.8 Å². The van der Waals surface area contributed by atoms with E-state index in [4.69, 9.17) is 11.6 Å². The summed E-state index contributed by atoms with van der Waals surface area (Å²) in [6.45, 7) is 1.84. The van der Waals surface area contributed by atoms with E-state index in [9.17, 15) is 9.18 Å². The van der Waals surface area contributed by atoms with Gasteiger partial charge < -0.3 is 5.32 Å². The molecule has 0 bridgehead atoms. The normalized spacial score (nSPS) is 10.6. The minimum Gasteiger partial charge on any atom is -0.304 e. The molecule has 0 aliphatic rings. The number of aromatic amines is 1. The van der Waals surface area contributed by atoms with E-state index >= 15 is 0 Å². The molecule has 0 unspecified atom stereocenters. The van der Waals surface area contributed by atoms with Crippen molar-refractivity contribution in [3.8, 4) is 11.1 Å². The van der Waals surface area contributed by atoms with Gasteiger partial charge in [-0.05, 0) is 36.8 Å². The lowest BCUT2D eigenvalue weighted by atomic mass is 10.1. The number of nitrogens with one attached hydrogen (secondary N) is 2. The van der Waals surface area contributed by atoms with Crippen LogP contribution in [0.15, 0.2) is 48.5 Å². The van der Waals surface area contributed by atoms with Crippen LogP contribution in [0, 0.1) is 12.7 Å². The molecule has 6 heteroatoms. The molecule has 1 heterocycles. The van der Waals surface area contributed by atoms with E-state index in [2.05, 4.69) is 15.5 Å². The number of rotatable bonds is 3. The summed E-state index contributed by atoms with van der Waals surface area (Å²) in [7, 11) is 0. The van der Waals surface area contributed by atoms with Gasteiger partial charge in [0, 0.05) is 16.3 Å². The van der Waals surface area contributed by atoms with E-state index in [1.165, 1.54) is 18.2 Å². The van der Waals surface area contributed by atoms with E-state index in [0.717, 1.165) is 16.8 Å². The Labute approximate surface area is 137 Å². The number of carbonyl (C=O) groups excluding carboxylic acids is 1. The van der Waals surface area contributed by atoms with Crippen LogP contribution in [0.5, 0.6) is 0 Å². The lowest BCUT2D eigenvalue weighted by Gasteiger charge is -2.07. The van der Waals surface area contributed by atoms with E-state index in [1.54, 1.807) is 18.2 Å². The molecule has 4 nitrogen and oxygen atoms in total. The second-order valence-electron chi connectivity index (χ2n) is 5.02. The van der Waals surface area contributed by atoms with E-state index in [-0.39, 0.29) is 5.56 Å². The van der Waals surface area contributed by atoms with Crippen molar-refractivity contribution in [2.24, 2.45) is 0 Å².